The number of benzene rings is 12. The van der Waals surface area contributed by atoms with Crippen LogP contribution in [0, 0.1) is 0 Å². The largest absolute Gasteiger partial charge is 0.243 e. The summed E-state index contributed by atoms with van der Waals surface area (Å²) in [6.07, 6.45) is 0. The molecule has 0 spiro atoms. The highest BCUT2D eigenvalue weighted by atomic mass is 15.3. The lowest BCUT2D eigenvalue weighted by atomic mass is 9.77. The Morgan fingerprint density at radius 2 is 0.470 bits per heavy atom. The van der Waals surface area contributed by atoms with Crippen LogP contribution >= 0.6 is 0 Å². The molecule has 0 bridgehead atoms. The molecule has 0 fully saturated rings. The molecular formula is C62H38N4. The van der Waals surface area contributed by atoms with Crippen molar-refractivity contribution in [3.05, 3.63) is 264 Å². The molecule has 306 valence electrons. The van der Waals surface area contributed by atoms with E-state index in [0.29, 0.717) is 0 Å². The van der Waals surface area contributed by atoms with Gasteiger partial charge in [-0.2, -0.15) is 0 Å². The Balaban J connectivity index is 1.22. The molecule has 0 atom stereocenters. The summed E-state index contributed by atoms with van der Waals surface area (Å²) in [5, 5.41) is 14.1. The molecule has 4 heteroatoms. The van der Waals surface area contributed by atoms with Gasteiger partial charge >= 0.3 is 0 Å². The number of hydrogen-bond acceptors (Lipinski definition) is 4. The molecule has 0 radical (unpaired) electrons. The summed E-state index contributed by atoms with van der Waals surface area (Å²) in [7, 11) is 0. The summed E-state index contributed by atoms with van der Waals surface area (Å²) in [4.78, 5) is 24.8. The van der Waals surface area contributed by atoms with Crippen LogP contribution in [0.5, 0.6) is 0 Å². The van der Waals surface area contributed by atoms with Gasteiger partial charge in [0.1, 0.15) is 0 Å². The second kappa shape index (κ2) is 13.9. The van der Waals surface area contributed by atoms with E-state index in [4.69, 9.17) is 20.0 Å². The number of hydrogen-bond donors (Lipinski definition) is 0. The summed E-state index contributed by atoms with van der Waals surface area (Å²) in [6, 6.07) is 82.3. The van der Waals surface area contributed by atoms with Crippen molar-refractivity contribution in [2.24, 2.45) is 20.0 Å². The van der Waals surface area contributed by atoms with Crippen LogP contribution in [-0.2, 0) is 11.3 Å². The summed E-state index contributed by atoms with van der Waals surface area (Å²) in [5.74, 6) is 0. The first-order chi connectivity index (χ1) is 32.7. The van der Waals surface area contributed by atoms with Crippen LogP contribution in [0.15, 0.2) is 250 Å². The zero-order valence-corrected chi connectivity index (χ0v) is 35.7. The Labute approximate surface area is 381 Å². The molecule has 0 aliphatic carbocycles. The second-order valence-electron chi connectivity index (χ2n) is 17.6. The maximum Gasteiger partial charge on any atom is 0.227 e. The minimum absolute atomic E-state index is 0.796. The van der Waals surface area contributed by atoms with Gasteiger partial charge in [-0.05, 0) is 64.6 Å². The number of nitrogens with zero attached hydrogens (tertiary/aromatic N) is 4. The van der Waals surface area contributed by atoms with E-state index < -0.39 is 11.3 Å². The standard InChI is InChI=1S/C62H38N4/c1-5-15-45(16-6-1)57-58(46-17-7-2-8-18-46)64-61(63-57,51-37-33-43-29-27-39-23-13-25-41-31-35-49(51)55(43)53(39)41)62(65-59(47-19-9-3-10-20-47)60(66-62)48-21-11-4-12-22-48)52-38-34-44-30-28-40-24-14-26-42-32-36-50(52)56(44)54(40)42/h1-38H. The van der Waals surface area contributed by atoms with E-state index in [1.807, 2.05) is 0 Å². The van der Waals surface area contributed by atoms with Crippen molar-refractivity contribution in [3.8, 4) is 0 Å². The van der Waals surface area contributed by atoms with E-state index in [-0.39, 0.29) is 0 Å². The van der Waals surface area contributed by atoms with Gasteiger partial charge in [0.15, 0.2) is 0 Å². The zero-order valence-electron chi connectivity index (χ0n) is 35.7. The van der Waals surface area contributed by atoms with Crippen molar-refractivity contribution in [2.75, 3.05) is 0 Å². The molecule has 12 aromatic rings. The lowest BCUT2D eigenvalue weighted by Gasteiger charge is -2.39. The molecule has 0 aromatic heterocycles. The van der Waals surface area contributed by atoms with Crippen molar-refractivity contribution in [1.82, 2.24) is 0 Å². The maximum atomic E-state index is 6.19. The van der Waals surface area contributed by atoms with Crippen LogP contribution < -0.4 is 0 Å². The molecule has 0 saturated heterocycles. The lowest BCUT2D eigenvalue weighted by Crippen LogP contribution is -2.43. The molecule has 2 heterocycles. The predicted octanol–water partition coefficient (Wildman–Crippen LogP) is 14.5. The predicted molar refractivity (Wildman–Crippen MR) is 276 cm³/mol. The van der Waals surface area contributed by atoms with Crippen LogP contribution in [0.4, 0.5) is 0 Å². The van der Waals surface area contributed by atoms with Gasteiger partial charge in [-0.1, -0.05) is 231 Å². The Hall–Kier alpha value is -8.60. The molecular weight excluding hydrogens is 801 g/mol. The molecule has 4 nitrogen and oxygen atoms in total. The molecule has 14 rings (SSSR count). The quantitative estimate of drug-likeness (QED) is 0.144. The normalized spacial score (nSPS) is 15.6. The Morgan fingerprint density at radius 3 is 0.773 bits per heavy atom. The summed E-state index contributed by atoms with van der Waals surface area (Å²) in [6.45, 7) is 0. The third kappa shape index (κ3) is 5.15. The highest BCUT2D eigenvalue weighted by molar-refractivity contribution is 6.56. The molecule has 0 unspecified atom stereocenters. The summed E-state index contributed by atoms with van der Waals surface area (Å²) < 4.78 is 0. The van der Waals surface area contributed by atoms with Gasteiger partial charge in [-0.3, -0.25) is 0 Å². The van der Waals surface area contributed by atoms with E-state index in [9.17, 15) is 0 Å². The van der Waals surface area contributed by atoms with Crippen molar-refractivity contribution < 1.29 is 0 Å². The molecule has 66 heavy (non-hydrogen) atoms. The van der Waals surface area contributed by atoms with Gasteiger partial charge in [0.05, 0.1) is 22.8 Å². The van der Waals surface area contributed by atoms with Gasteiger partial charge in [-0.15, -0.1) is 0 Å². The minimum atomic E-state index is -1.48. The highest BCUT2D eigenvalue weighted by Crippen LogP contribution is 2.58. The van der Waals surface area contributed by atoms with E-state index in [2.05, 4.69) is 231 Å². The van der Waals surface area contributed by atoms with Crippen LogP contribution in [0.3, 0.4) is 0 Å². The number of rotatable bonds is 7. The number of aliphatic imine (C=N–C) groups is 4. The Bertz CT molecular complexity index is 3610. The first-order valence-corrected chi connectivity index (χ1v) is 22.6. The van der Waals surface area contributed by atoms with E-state index in [1.54, 1.807) is 0 Å². The molecule has 0 amide bonds. The monoisotopic (exact) mass is 838 g/mol. The van der Waals surface area contributed by atoms with Crippen molar-refractivity contribution in [3.63, 3.8) is 0 Å². The van der Waals surface area contributed by atoms with Gasteiger partial charge < -0.3 is 0 Å². The average Bonchev–Trinajstić information content (AvgIpc) is 4.01. The highest BCUT2D eigenvalue weighted by Gasteiger charge is 2.61. The molecule has 12 aromatic carbocycles. The summed E-state index contributed by atoms with van der Waals surface area (Å²) >= 11 is 0. The van der Waals surface area contributed by atoms with Crippen LogP contribution in [0.2, 0.25) is 0 Å². The van der Waals surface area contributed by atoms with Gasteiger partial charge in [-0.25, -0.2) is 20.0 Å². The molecule has 0 saturated carbocycles. The fourth-order valence-corrected chi connectivity index (χ4v) is 11.1. The van der Waals surface area contributed by atoms with Crippen molar-refractivity contribution in [2.45, 2.75) is 11.3 Å². The van der Waals surface area contributed by atoms with E-state index in [0.717, 1.165) is 77.8 Å². The average molecular weight is 839 g/mol. The van der Waals surface area contributed by atoms with Crippen LogP contribution in [0.1, 0.15) is 33.4 Å². The minimum Gasteiger partial charge on any atom is -0.243 e. The zero-order chi connectivity index (χ0) is 43.4. The van der Waals surface area contributed by atoms with Crippen LogP contribution in [-0.4, -0.2) is 22.8 Å². The fraction of sp³-hybridized carbons (Fsp3) is 0.0323. The SMILES string of the molecule is c1ccc(C2=NC(c3ccc4ccc5cccc6ccc3c4c56)(C3(c4ccc5ccc6cccc7ccc4c5c67)N=C(c4ccccc4)C(c4ccccc4)=N3)N=C2c2ccccc2)cc1. The topological polar surface area (TPSA) is 49.4 Å². The summed E-state index contributed by atoms with van der Waals surface area (Å²) in [5.41, 5.74) is 5.99. The van der Waals surface area contributed by atoms with Gasteiger partial charge in [0.2, 0.25) is 11.3 Å². The van der Waals surface area contributed by atoms with Crippen molar-refractivity contribution in [1.29, 1.82) is 0 Å². The maximum absolute atomic E-state index is 6.19. The van der Waals surface area contributed by atoms with Gasteiger partial charge in [0, 0.05) is 33.4 Å². The smallest absolute Gasteiger partial charge is 0.227 e. The van der Waals surface area contributed by atoms with E-state index >= 15 is 0 Å². The third-order valence-electron chi connectivity index (χ3n) is 14.0. The third-order valence-corrected chi connectivity index (χ3v) is 14.0. The van der Waals surface area contributed by atoms with Crippen molar-refractivity contribution >= 4 is 87.5 Å². The van der Waals surface area contributed by atoms with E-state index in [1.165, 1.54) is 43.1 Å². The first-order valence-electron chi connectivity index (χ1n) is 22.6. The van der Waals surface area contributed by atoms with Crippen LogP contribution in [0.25, 0.3) is 64.6 Å². The Morgan fingerprint density at radius 1 is 0.212 bits per heavy atom. The molecule has 0 N–H and O–H groups in total. The molecule has 2 aliphatic rings. The second-order valence-corrected chi connectivity index (χ2v) is 17.6. The molecule has 2 aliphatic heterocycles. The lowest BCUT2D eigenvalue weighted by molar-refractivity contribution is 0.261. The Kier molecular flexibility index (Phi) is 7.79. The first kappa shape index (κ1) is 36.8. The fourth-order valence-electron chi connectivity index (χ4n) is 11.1. The van der Waals surface area contributed by atoms with Gasteiger partial charge in [0.25, 0.3) is 0 Å².